The van der Waals surface area contributed by atoms with Crippen molar-refractivity contribution in [3.63, 3.8) is 0 Å². The van der Waals surface area contributed by atoms with Gasteiger partial charge in [0, 0.05) is 0 Å². The van der Waals surface area contributed by atoms with E-state index in [9.17, 15) is 24.3 Å². The van der Waals surface area contributed by atoms with Crippen LogP contribution >= 0.6 is 0 Å². The van der Waals surface area contributed by atoms with Crippen LogP contribution in [0.4, 0.5) is 0 Å². The molecule has 0 aliphatic carbocycles. The normalized spacial score (nSPS) is 10.9. The molecule has 0 bridgehead atoms. The molecule has 0 saturated heterocycles. The van der Waals surface area contributed by atoms with Crippen LogP contribution in [-0.4, -0.2) is 42.2 Å². The van der Waals surface area contributed by atoms with Gasteiger partial charge >= 0.3 is 23.9 Å². The van der Waals surface area contributed by atoms with E-state index in [-0.39, 0.29) is 28.4 Å². The number of esters is 3. The summed E-state index contributed by atoms with van der Waals surface area (Å²) in [6.45, 7) is 6.58. The Bertz CT molecular complexity index is 1230. The van der Waals surface area contributed by atoms with Gasteiger partial charge < -0.3 is 19.3 Å². The third kappa shape index (κ3) is 10.6. The number of carboxylic acid groups (broad SMARTS) is 1. The van der Waals surface area contributed by atoms with Gasteiger partial charge in [0.05, 0.1) is 35.5 Å². The zero-order chi connectivity index (χ0) is 30.0. The minimum Gasteiger partial charge on any atom is -0.478 e. The van der Waals surface area contributed by atoms with Gasteiger partial charge in [-0.15, -0.1) is 0 Å². The molecule has 41 heavy (non-hydrogen) atoms. The first-order valence-electron chi connectivity index (χ1n) is 13.8. The summed E-state index contributed by atoms with van der Waals surface area (Å²) in [5.41, 5.74) is 1.47. The fraction of sp³-hybridized carbons (Fsp3) is 0.333. The number of carboxylic acids is 1. The molecule has 0 heterocycles. The molecule has 3 rings (SSSR count). The predicted octanol–water partition coefficient (Wildman–Crippen LogP) is 7.29. The summed E-state index contributed by atoms with van der Waals surface area (Å²) in [5.74, 6) is -2.71. The van der Waals surface area contributed by atoms with Crippen molar-refractivity contribution in [2.75, 3.05) is 13.2 Å². The Morgan fingerprint density at radius 1 is 0.610 bits per heavy atom. The molecule has 3 aromatic rings. The molecule has 0 aromatic heterocycles. The summed E-state index contributed by atoms with van der Waals surface area (Å²) >= 11 is 0. The average Bonchev–Trinajstić information content (AvgIpc) is 3.01. The minimum atomic E-state index is -1.14. The van der Waals surface area contributed by atoms with Crippen molar-refractivity contribution < 1.29 is 38.5 Å². The molecule has 8 nitrogen and oxygen atoms in total. The van der Waals surface area contributed by atoms with E-state index in [0.717, 1.165) is 31.2 Å². The van der Waals surface area contributed by atoms with Crippen molar-refractivity contribution >= 4 is 23.9 Å². The molecule has 0 aliphatic rings. The first-order valence-corrected chi connectivity index (χ1v) is 13.8. The van der Waals surface area contributed by atoms with Gasteiger partial charge in [-0.25, -0.2) is 19.2 Å². The van der Waals surface area contributed by atoms with E-state index in [1.807, 2.05) is 44.2 Å². The van der Waals surface area contributed by atoms with Crippen LogP contribution in [0.5, 0.6) is 0 Å². The van der Waals surface area contributed by atoms with Crippen molar-refractivity contribution in [2.45, 2.75) is 59.0 Å². The van der Waals surface area contributed by atoms with Crippen molar-refractivity contribution in [2.24, 2.45) is 0 Å². The molecule has 0 radical (unpaired) electrons. The Hall–Kier alpha value is -4.46. The van der Waals surface area contributed by atoms with E-state index in [0.29, 0.717) is 19.6 Å². The van der Waals surface area contributed by atoms with Crippen molar-refractivity contribution in [1.29, 1.82) is 0 Å². The lowest BCUT2D eigenvalue weighted by Gasteiger charge is -2.18. The van der Waals surface area contributed by atoms with Gasteiger partial charge in [-0.2, -0.15) is 0 Å². The highest BCUT2D eigenvalue weighted by Crippen LogP contribution is 2.25. The Balaban J connectivity index is 0.000000296. The first kappa shape index (κ1) is 32.8. The molecule has 0 spiro atoms. The summed E-state index contributed by atoms with van der Waals surface area (Å²) in [5, 5.41) is 9.20. The Morgan fingerprint density at radius 3 is 1.49 bits per heavy atom. The van der Waals surface area contributed by atoms with Crippen LogP contribution in [0.1, 0.15) is 106 Å². The van der Waals surface area contributed by atoms with Gasteiger partial charge in [0.2, 0.25) is 0 Å². The molecular weight excluding hydrogens is 524 g/mol. The molecule has 0 aliphatic heterocycles. The Kier molecular flexibility index (Phi) is 14.4. The van der Waals surface area contributed by atoms with E-state index in [1.165, 1.54) is 12.1 Å². The van der Waals surface area contributed by atoms with Gasteiger partial charge in [-0.3, -0.25) is 0 Å². The van der Waals surface area contributed by atoms with Crippen molar-refractivity contribution in [1.82, 2.24) is 0 Å². The van der Waals surface area contributed by atoms with E-state index in [2.05, 4.69) is 6.92 Å². The average molecular weight is 563 g/mol. The lowest BCUT2D eigenvalue weighted by molar-refractivity contribution is 0.0266. The van der Waals surface area contributed by atoms with Crippen LogP contribution in [0.25, 0.3) is 0 Å². The lowest BCUT2D eigenvalue weighted by atomic mass is 10.0. The molecule has 8 heteroatoms. The van der Waals surface area contributed by atoms with Crippen molar-refractivity contribution in [3.05, 3.63) is 107 Å². The molecule has 1 atom stereocenters. The van der Waals surface area contributed by atoms with Crippen LogP contribution in [0.2, 0.25) is 0 Å². The molecule has 3 aromatic carbocycles. The molecule has 0 fully saturated rings. The number of hydrogen-bond donors (Lipinski definition) is 1. The zero-order valence-electron chi connectivity index (χ0n) is 23.8. The summed E-state index contributed by atoms with van der Waals surface area (Å²) in [4.78, 5) is 47.2. The monoisotopic (exact) mass is 562 g/mol. The number of hydrogen-bond acceptors (Lipinski definition) is 7. The number of ether oxygens (including phenoxy) is 3. The molecule has 1 N–H and O–H groups in total. The number of rotatable bonds is 13. The van der Waals surface area contributed by atoms with Crippen LogP contribution in [0.3, 0.4) is 0 Å². The molecule has 218 valence electrons. The minimum absolute atomic E-state index is 0.0418. The summed E-state index contributed by atoms with van der Waals surface area (Å²) in [7, 11) is 0. The lowest BCUT2D eigenvalue weighted by Crippen LogP contribution is -2.15. The Morgan fingerprint density at radius 2 is 1.05 bits per heavy atom. The number of carbonyl (C=O) groups excluding carboxylic acids is 3. The standard InChI is InChI=1S/C19H20O4.C14H18O4/c1-2-3-13-17(14-9-5-4-6-10-14)23-19(22)16-12-8-7-11-15(16)18(20)21;1-3-9-17-13(15)11-7-5-6-8-12(11)14(16)18-10-4-2/h4-12,17H,2-3,13H2,1H3,(H,20,21);5-8H,3-4,9-10H2,1-2H3. The SMILES string of the molecule is CCCCC(OC(=O)c1ccccc1C(=O)O)c1ccccc1.CCCOC(=O)c1ccccc1C(=O)OCCC. The highest BCUT2D eigenvalue weighted by molar-refractivity contribution is 6.03. The van der Waals surface area contributed by atoms with Gasteiger partial charge in [0.25, 0.3) is 0 Å². The maximum Gasteiger partial charge on any atom is 0.339 e. The smallest absolute Gasteiger partial charge is 0.339 e. The fourth-order valence-electron chi connectivity index (χ4n) is 3.78. The summed E-state index contributed by atoms with van der Waals surface area (Å²) < 4.78 is 15.7. The van der Waals surface area contributed by atoms with E-state index in [1.54, 1.807) is 36.4 Å². The van der Waals surface area contributed by atoms with Gasteiger partial charge in [-0.05, 0) is 55.5 Å². The first-order chi connectivity index (χ1) is 19.8. The quantitative estimate of drug-likeness (QED) is 0.170. The topological polar surface area (TPSA) is 116 Å². The molecule has 1 unspecified atom stereocenters. The second kappa shape index (κ2) is 18.0. The maximum atomic E-state index is 12.4. The van der Waals surface area contributed by atoms with E-state index < -0.39 is 23.9 Å². The second-order valence-corrected chi connectivity index (χ2v) is 9.12. The van der Waals surface area contributed by atoms with Gasteiger partial charge in [0.15, 0.2) is 0 Å². The fourth-order valence-corrected chi connectivity index (χ4v) is 3.78. The summed E-state index contributed by atoms with van der Waals surface area (Å²) in [6, 6.07) is 22.2. The number of aromatic carboxylic acids is 1. The van der Waals surface area contributed by atoms with Crippen LogP contribution in [0, 0.1) is 0 Å². The maximum absolute atomic E-state index is 12.4. The predicted molar refractivity (Wildman–Crippen MR) is 155 cm³/mol. The largest absolute Gasteiger partial charge is 0.478 e. The second-order valence-electron chi connectivity index (χ2n) is 9.12. The highest BCUT2D eigenvalue weighted by Gasteiger charge is 2.22. The highest BCUT2D eigenvalue weighted by atomic mass is 16.5. The van der Waals surface area contributed by atoms with Crippen molar-refractivity contribution in [3.8, 4) is 0 Å². The summed E-state index contributed by atoms with van der Waals surface area (Å²) in [6.07, 6.45) is 3.75. The van der Waals surface area contributed by atoms with Crippen LogP contribution in [0.15, 0.2) is 78.9 Å². The number of carbonyl (C=O) groups is 4. The molecular formula is C33H38O8. The molecule has 0 amide bonds. The third-order valence-electron chi connectivity index (χ3n) is 5.86. The van der Waals surface area contributed by atoms with E-state index >= 15 is 0 Å². The zero-order valence-corrected chi connectivity index (χ0v) is 23.8. The van der Waals surface area contributed by atoms with Gasteiger partial charge in [0.1, 0.15) is 6.10 Å². The molecule has 0 saturated carbocycles. The van der Waals surface area contributed by atoms with Crippen LogP contribution < -0.4 is 0 Å². The Labute approximate surface area is 241 Å². The van der Waals surface area contributed by atoms with Gasteiger partial charge in [-0.1, -0.05) is 81.8 Å². The van der Waals surface area contributed by atoms with E-state index in [4.69, 9.17) is 14.2 Å². The van der Waals surface area contributed by atoms with Crippen LogP contribution in [-0.2, 0) is 14.2 Å². The number of benzene rings is 3. The third-order valence-corrected chi connectivity index (χ3v) is 5.86. The number of unbranched alkanes of at least 4 members (excludes halogenated alkanes) is 1.